The van der Waals surface area contributed by atoms with E-state index in [4.69, 9.17) is 0 Å². The number of rotatable bonds is 3. The molecule has 0 bridgehead atoms. The standard InChI is InChI=1S/C13H15N3O2/c17-12-8-16(13(18)7-14-9-5-6-9)11-4-2-1-3-10(11)15-12/h1-4,9,14H,5-8H2,(H,15,17). The van der Waals surface area contributed by atoms with Gasteiger partial charge in [0.15, 0.2) is 0 Å². The van der Waals surface area contributed by atoms with Gasteiger partial charge in [0.2, 0.25) is 11.8 Å². The molecule has 2 amide bonds. The Morgan fingerprint density at radius 3 is 2.94 bits per heavy atom. The second-order valence-electron chi connectivity index (χ2n) is 4.70. The van der Waals surface area contributed by atoms with Gasteiger partial charge >= 0.3 is 0 Å². The molecule has 1 aromatic carbocycles. The van der Waals surface area contributed by atoms with Gasteiger partial charge in [-0.1, -0.05) is 12.1 Å². The van der Waals surface area contributed by atoms with E-state index in [1.165, 1.54) is 0 Å². The second kappa shape index (κ2) is 4.42. The van der Waals surface area contributed by atoms with Gasteiger partial charge in [0, 0.05) is 6.04 Å². The van der Waals surface area contributed by atoms with Crippen molar-refractivity contribution < 1.29 is 9.59 Å². The van der Waals surface area contributed by atoms with E-state index >= 15 is 0 Å². The van der Waals surface area contributed by atoms with Crippen LogP contribution in [0.3, 0.4) is 0 Å². The van der Waals surface area contributed by atoms with Crippen LogP contribution >= 0.6 is 0 Å². The molecule has 1 aliphatic heterocycles. The Morgan fingerprint density at radius 1 is 1.39 bits per heavy atom. The van der Waals surface area contributed by atoms with E-state index in [-0.39, 0.29) is 18.4 Å². The van der Waals surface area contributed by atoms with Gasteiger partial charge in [-0.05, 0) is 25.0 Å². The van der Waals surface area contributed by atoms with Crippen molar-refractivity contribution in [3.63, 3.8) is 0 Å². The van der Waals surface area contributed by atoms with E-state index in [1.807, 2.05) is 18.2 Å². The molecule has 2 aliphatic rings. The molecule has 94 valence electrons. The molecule has 1 aliphatic carbocycles. The van der Waals surface area contributed by atoms with Crippen molar-refractivity contribution in [2.24, 2.45) is 0 Å². The lowest BCUT2D eigenvalue weighted by Gasteiger charge is -2.29. The molecule has 1 saturated carbocycles. The molecule has 1 fully saturated rings. The molecule has 2 N–H and O–H groups in total. The van der Waals surface area contributed by atoms with E-state index in [2.05, 4.69) is 10.6 Å². The Kier molecular flexibility index (Phi) is 2.76. The van der Waals surface area contributed by atoms with Gasteiger partial charge in [0.1, 0.15) is 6.54 Å². The first-order valence-electron chi connectivity index (χ1n) is 6.16. The molecular weight excluding hydrogens is 230 g/mol. The smallest absolute Gasteiger partial charge is 0.244 e. The summed E-state index contributed by atoms with van der Waals surface area (Å²) in [5.41, 5.74) is 1.48. The monoisotopic (exact) mass is 245 g/mol. The first kappa shape index (κ1) is 11.2. The maximum Gasteiger partial charge on any atom is 0.244 e. The van der Waals surface area contributed by atoms with Gasteiger partial charge < -0.3 is 10.6 Å². The van der Waals surface area contributed by atoms with Gasteiger partial charge in [0.25, 0.3) is 0 Å². The number of benzene rings is 1. The summed E-state index contributed by atoms with van der Waals surface area (Å²) in [7, 11) is 0. The predicted octanol–water partition coefficient (Wildman–Crippen LogP) is 0.724. The average Bonchev–Trinajstić information content (AvgIpc) is 3.19. The quantitative estimate of drug-likeness (QED) is 0.825. The van der Waals surface area contributed by atoms with E-state index in [1.54, 1.807) is 11.0 Å². The lowest BCUT2D eigenvalue weighted by atomic mass is 10.2. The topological polar surface area (TPSA) is 61.4 Å². The third-order valence-electron chi connectivity index (χ3n) is 3.19. The Bertz CT molecular complexity index is 497. The summed E-state index contributed by atoms with van der Waals surface area (Å²) < 4.78 is 0. The third kappa shape index (κ3) is 2.22. The van der Waals surface area contributed by atoms with Crippen molar-refractivity contribution in [2.45, 2.75) is 18.9 Å². The van der Waals surface area contributed by atoms with E-state index < -0.39 is 0 Å². The first-order chi connectivity index (χ1) is 8.74. The lowest BCUT2D eigenvalue weighted by molar-refractivity contribution is -0.121. The van der Waals surface area contributed by atoms with Gasteiger partial charge in [-0.3, -0.25) is 14.5 Å². The van der Waals surface area contributed by atoms with Crippen LogP contribution in [0.2, 0.25) is 0 Å². The Labute approximate surface area is 105 Å². The summed E-state index contributed by atoms with van der Waals surface area (Å²) in [4.78, 5) is 25.2. The first-order valence-corrected chi connectivity index (χ1v) is 6.16. The number of hydrogen-bond acceptors (Lipinski definition) is 3. The van der Waals surface area contributed by atoms with Gasteiger partial charge in [-0.15, -0.1) is 0 Å². The minimum atomic E-state index is -0.145. The van der Waals surface area contributed by atoms with Crippen molar-refractivity contribution in [1.82, 2.24) is 5.32 Å². The molecule has 0 unspecified atom stereocenters. The van der Waals surface area contributed by atoms with Gasteiger partial charge in [-0.2, -0.15) is 0 Å². The average molecular weight is 245 g/mol. The molecule has 0 saturated heterocycles. The molecule has 1 heterocycles. The number of para-hydroxylation sites is 2. The molecular formula is C13H15N3O2. The molecule has 0 radical (unpaired) electrons. The largest absolute Gasteiger partial charge is 0.323 e. The molecule has 5 heteroatoms. The predicted molar refractivity (Wildman–Crippen MR) is 68.4 cm³/mol. The van der Waals surface area contributed by atoms with Crippen LogP contribution in [0.15, 0.2) is 24.3 Å². The Balaban J connectivity index is 1.78. The zero-order valence-electron chi connectivity index (χ0n) is 9.98. The van der Waals surface area contributed by atoms with Crippen LogP contribution in [0.5, 0.6) is 0 Å². The SMILES string of the molecule is O=C1CN(C(=O)CNC2CC2)c2ccccc2N1. The van der Waals surface area contributed by atoms with Crippen LogP contribution in [-0.2, 0) is 9.59 Å². The van der Waals surface area contributed by atoms with Crippen LogP contribution in [0.25, 0.3) is 0 Å². The minimum absolute atomic E-state index is 0.0517. The highest BCUT2D eigenvalue weighted by Crippen LogP contribution is 2.28. The maximum atomic E-state index is 12.1. The maximum absolute atomic E-state index is 12.1. The van der Waals surface area contributed by atoms with Gasteiger partial charge in [0.05, 0.1) is 17.9 Å². The summed E-state index contributed by atoms with van der Waals surface area (Å²) >= 11 is 0. The fourth-order valence-corrected chi connectivity index (χ4v) is 2.07. The molecule has 0 atom stereocenters. The number of nitrogens with one attached hydrogen (secondary N) is 2. The Hall–Kier alpha value is -1.88. The fraction of sp³-hybridized carbons (Fsp3) is 0.385. The van der Waals surface area contributed by atoms with Crippen LogP contribution in [0, 0.1) is 0 Å². The van der Waals surface area contributed by atoms with Gasteiger partial charge in [-0.25, -0.2) is 0 Å². The number of hydrogen-bond donors (Lipinski definition) is 2. The number of fused-ring (bicyclic) bond motifs is 1. The lowest BCUT2D eigenvalue weighted by Crippen LogP contribution is -2.46. The molecule has 5 nitrogen and oxygen atoms in total. The number of carbonyl (C=O) groups is 2. The Morgan fingerprint density at radius 2 is 2.17 bits per heavy atom. The highest BCUT2D eigenvalue weighted by atomic mass is 16.2. The van der Waals surface area contributed by atoms with E-state index in [0.29, 0.717) is 18.3 Å². The highest BCUT2D eigenvalue weighted by molar-refractivity contribution is 6.10. The summed E-state index contributed by atoms with van der Waals surface area (Å²) in [6, 6.07) is 7.86. The van der Waals surface area contributed by atoms with Crippen LogP contribution in [0.1, 0.15) is 12.8 Å². The van der Waals surface area contributed by atoms with Crippen molar-refractivity contribution in [3.8, 4) is 0 Å². The number of nitrogens with zero attached hydrogens (tertiary/aromatic N) is 1. The molecule has 18 heavy (non-hydrogen) atoms. The summed E-state index contributed by atoms with van der Waals surface area (Å²) in [6.07, 6.45) is 2.29. The number of amides is 2. The zero-order chi connectivity index (χ0) is 12.5. The molecule has 0 aromatic heterocycles. The van der Waals surface area contributed by atoms with Crippen LogP contribution in [-0.4, -0.2) is 30.9 Å². The fourth-order valence-electron chi connectivity index (χ4n) is 2.07. The summed E-state index contributed by atoms with van der Waals surface area (Å²) in [5.74, 6) is -0.197. The molecule has 1 aromatic rings. The normalized spacial score (nSPS) is 18.2. The molecule has 0 spiro atoms. The van der Waals surface area contributed by atoms with Crippen molar-refractivity contribution in [2.75, 3.05) is 23.3 Å². The zero-order valence-corrected chi connectivity index (χ0v) is 9.98. The van der Waals surface area contributed by atoms with Crippen molar-refractivity contribution in [1.29, 1.82) is 0 Å². The highest BCUT2D eigenvalue weighted by Gasteiger charge is 2.28. The van der Waals surface area contributed by atoms with Crippen molar-refractivity contribution in [3.05, 3.63) is 24.3 Å². The molecule has 3 rings (SSSR count). The second-order valence-corrected chi connectivity index (χ2v) is 4.70. The third-order valence-corrected chi connectivity index (χ3v) is 3.19. The van der Waals surface area contributed by atoms with Crippen molar-refractivity contribution >= 4 is 23.2 Å². The number of carbonyl (C=O) groups excluding carboxylic acids is 2. The number of anilines is 2. The van der Waals surface area contributed by atoms with Crippen LogP contribution < -0.4 is 15.5 Å². The summed E-state index contributed by atoms with van der Waals surface area (Å²) in [6.45, 7) is 0.397. The van der Waals surface area contributed by atoms with E-state index in [0.717, 1.165) is 18.5 Å². The van der Waals surface area contributed by atoms with Crippen LogP contribution in [0.4, 0.5) is 11.4 Å². The minimum Gasteiger partial charge on any atom is -0.323 e. The summed E-state index contributed by atoms with van der Waals surface area (Å²) in [5, 5.41) is 5.95. The van der Waals surface area contributed by atoms with E-state index in [9.17, 15) is 9.59 Å².